The lowest BCUT2D eigenvalue weighted by molar-refractivity contribution is 0.234. The van der Waals surface area contributed by atoms with E-state index >= 15 is 0 Å². The molecule has 1 aromatic carbocycles. The Kier molecular flexibility index (Phi) is 4.62. The van der Waals surface area contributed by atoms with Gasteiger partial charge in [0, 0.05) is 0 Å². The highest BCUT2D eigenvalue weighted by atomic mass is 32.1. The molecule has 0 aliphatic rings. The van der Waals surface area contributed by atoms with Crippen LogP contribution in [-0.4, -0.2) is 12.4 Å². The summed E-state index contributed by atoms with van der Waals surface area (Å²) in [4.78, 5) is 0. The molecule has 0 saturated heterocycles. The van der Waals surface area contributed by atoms with E-state index < -0.39 is 34.8 Å². The maximum absolute atomic E-state index is 13.1. The molecule has 0 fully saturated rings. The van der Waals surface area contributed by atoms with E-state index in [9.17, 15) is 22.0 Å². The molecule has 1 nitrogen and oxygen atoms in total. The largest absolute Gasteiger partial charge is 0.487 e. The first kappa shape index (κ1) is 14.1. The molecule has 7 heteroatoms. The quantitative estimate of drug-likeness (QED) is 0.383. The van der Waals surface area contributed by atoms with E-state index in [1.165, 1.54) is 0 Å². The van der Waals surface area contributed by atoms with E-state index in [2.05, 4.69) is 17.4 Å². The van der Waals surface area contributed by atoms with Crippen LogP contribution in [0.2, 0.25) is 0 Å². The predicted molar refractivity (Wildman–Crippen MR) is 54.7 cm³/mol. The van der Waals surface area contributed by atoms with E-state index in [-0.39, 0.29) is 12.5 Å². The van der Waals surface area contributed by atoms with Crippen LogP contribution in [-0.2, 0) is 0 Å². The van der Waals surface area contributed by atoms with E-state index in [1.807, 2.05) is 0 Å². The Hall–Kier alpha value is -0.980. The summed E-state index contributed by atoms with van der Waals surface area (Å²) in [5.41, 5.74) is 0. The van der Waals surface area contributed by atoms with Crippen molar-refractivity contribution in [3.8, 4) is 5.75 Å². The Morgan fingerprint density at radius 1 is 0.941 bits per heavy atom. The van der Waals surface area contributed by atoms with Crippen molar-refractivity contribution in [1.29, 1.82) is 0 Å². The molecule has 0 aliphatic carbocycles. The number of halogens is 5. The fourth-order valence-electron chi connectivity index (χ4n) is 0.990. The van der Waals surface area contributed by atoms with Crippen molar-refractivity contribution in [3.63, 3.8) is 0 Å². The number of hydrogen-bond acceptors (Lipinski definition) is 2. The molecule has 0 N–H and O–H groups in total. The summed E-state index contributed by atoms with van der Waals surface area (Å²) in [7, 11) is 0. The molecule has 0 spiro atoms. The second-order valence-electron chi connectivity index (χ2n) is 3.50. The topological polar surface area (TPSA) is 9.23 Å². The van der Waals surface area contributed by atoms with Gasteiger partial charge in [0.05, 0.1) is 6.61 Å². The molecule has 1 atom stereocenters. The fourth-order valence-corrected chi connectivity index (χ4v) is 1.10. The average Bonchev–Trinajstić information content (AvgIpc) is 2.33. The summed E-state index contributed by atoms with van der Waals surface area (Å²) in [5.74, 6) is -11.2. The smallest absolute Gasteiger partial charge is 0.206 e. The van der Waals surface area contributed by atoms with E-state index in [1.54, 1.807) is 6.92 Å². The summed E-state index contributed by atoms with van der Waals surface area (Å²) in [5, 5.41) is 0. The van der Waals surface area contributed by atoms with Crippen molar-refractivity contribution in [1.82, 2.24) is 0 Å². The van der Waals surface area contributed by atoms with Crippen LogP contribution in [0.5, 0.6) is 5.75 Å². The molecule has 1 unspecified atom stereocenters. The Bertz CT molecular complexity index is 395. The van der Waals surface area contributed by atoms with Gasteiger partial charge in [0.25, 0.3) is 0 Å². The second kappa shape index (κ2) is 5.57. The maximum Gasteiger partial charge on any atom is 0.206 e. The number of ether oxygens (including phenoxy) is 1. The molecule has 1 rings (SSSR count). The summed E-state index contributed by atoms with van der Waals surface area (Å²) < 4.78 is 68.9. The van der Waals surface area contributed by atoms with Crippen molar-refractivity contribution in [3.05, 3.63) is 29.1 Å². The summed E-state index contributed by atoms with van der Waals surface area (Å²) in [6.45, 7) is 1.46. The van der Waals surface area contributed by atoms with Crippen LogP contribution >= 0.6 is 12.6 Å². The molecular formula is C10H9F5OS. The van der Waals surface area contributed by atoms with Crippen LogP contribution in [0.15, 0.2) is 0 Å². The molecular weight excluding hydrogens is 263 g/mol. The minimum Gasteiger partial charge on any atom is -0.487 e. The van der Waals surface area contributed by atoms with Crippen molar-refractivity contribution in [2.24, 2.45) is 5.92 Å². The number of benzene rings is 1. The van der Waals surface area contributed by atoms with Gasteiger partial charge < -0.3 is 4.74 Å². The number of hydrogen-bond donors (Lipinski definition) is 1. The monoisotopic (exact) mass is 272 g/mol. The standard InChI is InChI=1S/C10H9F5OS/c1-4(3-17)2-16-10-8(14)6(12)5(11)7(13)9(10)15/h4,17H,2-3H2,1H3. The molecule has 17 heavy (non-hydrogen) atoms. The fraction of sp³-hybridized carbons (Fsp3) is 0.400. The minimum atomic E-state index is -2.20. The Morgan fingerprint density at radius 2 is 1.35 bits per heavy atom. The van der Waals surface area contributed by atoms with Gasteiger partial charge in [-0.05, 0) is 11.7 Å². The van der Waals surface area contributed by atoms with Crippen molar-refractivity contribution in [2.75, 3.05) is 12.4 Å². The van der Waals surface area contributed by atoms with Gasteiger partial charge in [0.15, 0.2) is 5.75 Å². The van der Waals surface area contributed by atoms with E-state index in [0.29, 0.717) is 5.75 Å². The van der Waals surface area contributed by atoms with Crippen LogP contribution < -0.4 is 4.74 Å². The van der Waals surface area contributed by atoms with Crippen molar-refractivity contribution >= 4 is 12.6 Å². The molecule has 96 valence electrons. The molecule has 1 aromatic rings. The van der Waals surface area contributed by atoms with Gasteiger partial charge in [-0.2, -0.15) is 21.4 Å². The Balaban J connectivity index is 3.07. The van der Waals surface area contributed by atoms with Crippen LogP contribution in [0, 0.1) is 35.0 Å². The zero-order valence-electron chi connectivity index (χ0n) is 8.74. The van der Waals surface area contributed by atoms with Crippen LogP contribution in [0.1, 0.15) is 6.92 Å². The third-order valence-electron chi connectivity index (χ3n) is 1.99. The van der Waals surface area contributed by atoms with Gasteiger partial charge in [-0.15, -0.1) is 0 Å². The lowest BCUT2D eigenvalue weighted by Crippen LogP contribution is -2.13. The molecule has 0 aromatic heterocycles. The van der Waals surface area contributed by atoms with Crippen molar-refractivity contribution < 1.29 is 26.7 Å². The van der Waals surface area contributed by atoms with Crippen LogP contribution in [0.4, 0.5) is 22.0 Å². The normalized spacial score (nSPS) is 12.6. The molecule has 0 amide bonds. The first-order valence-corrected chi connectivity index (χ1v) is 5.28. The summed E-state index contributed by atoms with van der Waals surface area (Å²) in [6, 6.07) is 0. The summed E-state index contributed by atoms with van der Waals surface area (Å²) >= 11 is 3.90. The van der Waals surface area contributed by atoms with E-state index in [0.717, 1.165) is 0 Å². The van der Waals surface area contributed by atoms with Crippen molar-refractivity contribution in [2.45, 2.75) is 6.92 Å². The highest BCUT2D eigenvalue weighted by Gasteiger charge is 2.27. The second-order valence-corrected chi connectivity index (χ2v) is 3.86. The van der Waals surface area contributed by atoms with Gasteiger partial charge in [0.2, 0.25) is 29.1 Å². The molecule has 0 saturated carbocycles. The first-order valence-electron chi connectivity index (χ1n) is 4.65. The third-order valence-corrected chi connectivity index (χ3v) is 2.62. The van der Waals surface area contributed by atoms with Crippen LogP contribution in [0.3, 0.4) is 0 Å². The third kappa shape index (κ3) is 2.83. The Labute approximate surface area is 100.0 Å². The Morgan fingerprint density at radius 3 is 1.76 bits per heavy atom. The zero-order chi connectivity index (χ0) is 13.2. The lowest BCUT2D eigenvalue weighted by Gasteiger charge is -2.12. The van der Waals surface area contributed by atoms with Gasteiger partial charge in [-0.25, -0.2) is 13.2 Å². The van der Waals surface area contributed by atoms with Gasteiger partial charge in [-0.3, -0.25) is 0 Å². The minimum absolute atomic E-state index is 0.187. The van der Waals surface area contributed by atoms with Gasteiger partial charge in [-0.1, -0.05) is 6.92 Å². The number of rotatable bonds is 4. The molecule has 0 heterocycles. The molecule has 0 radical (unpaired) electrons. The SMILES string of the molecule is CC(CS)COc1c(F)c(F)c(F)c(F)c1F. The highest BCUT2D eigenvalue weighted by molar-refractivity contribution is 7.80. The first-order chi connectivity index (χ1) is 7.90. The lowest BCUT2D eigenvalue weighted by atomic mass is 10.2. The zero-order valence-corrected chi connectivity index (χ0v) is 9.63. The van der Waals surface area contributed by atoms with Gasteiger partial charge in [0.1, 0.15) is 0 Å². The van der Waals surface area contributed by atoms with Crippen LogP contribution in [0.25, 0.3) is 0 Å². The van der Waals surface area contributed by atoms with Gasteiger partial charge >= 0.3 is 0 Å². The average molecular weight is 272 g/mol. The molecule has 0 bridgehead atoms. The van der Waals surface area contributed by atoms with E-state index in [4.69, 9.17) is 0 Å². The number of thiol groups is 1. The highest BCUT2D eigenvalue weighted by Crippen LogP contribution is 2.29. The summed E-state index contributed by atoms with van der Waals surface area (Å²) in [6.07, 6.45) is 0. The predicted octanol–water partition coefficient (Wildman–Crippen LogP) is 3.33. The maximum atomic E-state index is 13.1. The molecule has 0 aliphatic heterocycles.